The molecule has 1 atom stereocenters. The van der Waals surface area contributed by atoms with Gasteiger partial charge in [-0.2, -0.15) is 0 Å². The molecule has 1 aromatic rings. The smallest absolute Gasteiger partial charge is 0.0857 e. The maximum atomic E-state index is 4.39. The summed E-state index contributed by atoms with van der Waals surface area (Å²) >= 11 is 1.59. The summed E-state index contributed by atoms with van der Waals surface area (Å²) in [5.41, 5.74) is 1.28. The Morgan fingerprint density at radius 2 is 2.11 bits per heavy atom. The SMILES string of the molecule is CCCNC(c1snnc1C(C)(C)C)C1CCC1. The summed E-state index contributed by atoms with van der Waals surface area (Å²) in [5.74, 6) is 0.792. The Bertz CT molecular complexity index is 377. The molecule has 18 heavy (non-hydrogen) atoms. The highest BCUT2D eigenvalue weighted by Gasteiger charge is 2.34. The van der Waals surface area contributed by atoms with Crippen LogP contribution in [0.2, 0.25) is 0 Å². The fraction of sp³-hybridized carbons (Fsp3) is 0.857. The van der Waals surface area contributed by atoms with E-state index in [1.165, 1.54) is 36.3 Å². The molecule has 0 saturated heterocycles. The van der Waals surface area contributed by atoms with Gasteiger partial charge in [-0.15, -0.1) is 5.10 Å². The average Bonchev–Trinajstić information content (AvgIpc) is 2.69. The summed E-state index contributed by atoms with van der Waals surface area (Å²) in [7, 11) is 0. The van der Waals surface area contributed by atoms with Gasteiger partial charge >= 0.3 is 0 Å². The van der Waals surface area contributed by atoms with Crippen LogP contribution in [0.25, 0.3) is 0 Å². The number of hydrogen-bond donors (Lipinski definition) is 1. The number of rotatable bonds is 5. The first kappa shape index (κ1) is 13.9. The lowest BCUT2D eigenvalue weighted by atomic mass is 9.77. The highest BCUT2D eigenvalue weighted by Crippen LogP contribution is 2.41. The maximum absolute atomic E-state index is 4.39. The zero-order valence-electron chi connectivity index (χ0n) is 12.0. The largest absolute Gasteiger partial charge is 0.309 e. The zero-order valence-corrected chi connectivity index (χ0v) is 12.8. The van der Waals surface area contributed by atoms with E-state index in [1.807, 2.05) is 0 Å². The first-order valence-electron chi connectivity index (χ1n) is 7.10. The van der Waals surface area contributed by atoms with Crippen LogP contribution in [0, 0.1) is 5.92 Å². The molecule has 0 radical (unpaired) electrons. The van der Waals surface area contributed by atoms with E-state index in [9.17, 15) is 0 Å². The van der Waals surface area contributed by atoms with Crippen molar-refractivity contribution in [1.29, 1.82) is 0 Å². The quantitative estimate of drug-likeness (QED) is 0.884. The summed E-state index contributed by atoms with van der Waals surface area (Å²) in [6.45, 7) is 9.99. The highest BCUT2D eigenvalue weighted by molar-refractivity contribution is 7.05. The lowest BCUT2D eigenvalue weighted by Crippen LogP contribution is -2.33. The van der Waals surface area contributed by atoms with E-state index in [0.29, 0.717) is 6.04 Å². The second-order valence-corrected chi connectivity index (χ2v) is 7.14. The summed E-state index contributed by atoms with van der Waals surface area (Å²) in [5, 5.41) is 8.10. The number of aromatic nitrogens is 2. The summed E-state index contributed by atoms with van der Waals surface area (Å²) in [6.07, 6.45) is 5.26. The molecular formula is C14H25N3S. The van der Waals surface area contributed by atoms with E-state index in [2.05, 4.69) is 42.6 Å². The normalized spacial score (nSPS) is 18.7. The van der Waals surface area contributed by atoms with Crippen LogP contribution >= 0.6 is 11.5 Å². The van der Waals surface area contributed by atoms with Gasteiger partial charge in [0.2, 0.25) is 0 Å². The molecule has 1 aromatic heterocycles. The van der Waals surface area contributed by atoms with Crippen LogP contribution in [0.3, 0.4) is 0 Å². The third-order valence-corrected chi connectivity index (χ3v) is 4.55. The molecule has 0 aliphatic heterocycles. The summed E-state index contributed by atoms with van der Waals surface area (Å²) < 4.78 is 4.21. The number of hydrogen-bond acceptors (Lipinski definition) is 4. The molecule has 1 heterocycles. The van der Waals surface area contributed by atoms with Crippen molar-refractivity contribution >= 4 is 11.5 Å². The molecule has 0 spiro atoms. The third kappa shape index (κ3) is 2.91. The Morgan fingerprint density at radius 1 is 1.39 bits per heavy atom. The molecule has 1 fully saturated rings. The van der Waals surface area contributed by atoms with E-state index < -0.39 is 0 Å². The molecule has 1 saturated carbocycles. The minimum Gasteiger partial charge on any atom is -0.309 e. The Morgan fingerprint density at radius 3 is 2.61 bits per heavy atom. The van der Waals surface area contributed by atoms with Crippen molar-refractivity contribution in [3.63, 3.8) is 0 Å². The van der Waals surface area contributed by atoms with Gasteiger partial charge in [-0.05, 0) is 43.3 Å². The minimum absolute atomic E-state index is 0.0955. The van der Waals surface area contributed by atoms with Gasteiger partial charge < -0.3 is 5.32 Å². The number of nitrogens with zero attached hydrogens (tertiary/aromatic N) is 2. The molecular weight excluding hydrogens is 242 g/mol. The van der Waals surface area contributed by atoms with Crippen molar-refractivity contribution in [2.75, 3.05) is 6.54 Å². The Balaban J connectivity index is 2.21. The molecule has 0 aromatic carbocycles. The molecule has 1 aliphatic rings. The maximum Gasteiger partial charge on any atom is 0.0857 e. The first-order chi connectivity index (χ1) is 8.54. The van der Waals surface area contributed by atoms with E-state index in [-0.39, 0.29) is 5.41 Å². The lowest BCUT2D eigenvalue weighted by molar-refractivity contribution is 0.231. The predicted octanol–water partition coefficient (Wildman–Crippen LogP) is 3.68. The van der Waals surface area contributed by atoms with Gasteiger partial charge in [0.1, 0.15) is 0 Å². The predicted molar refractivity (Wildman–Crippen MR) is 77.0 cm³/mol. The van der Waals surface area contributed by atoms with Gasteiger partial charge in [-0.1, -0.05) is 38.6 Å². The zero-order chi connectivity index (χ0) is 13.2. The minimum atomic E-state index is 0.0955. The Kier molecular flexibility index (Phi) is 4.38. The van der Waals surface area contributed by atoms with Crippen LogP contribution in [0.15, 0.2) is 0 Å². The van der Waals surface area contributed by atoms with Crippen LogP contribution in [-0.4, -0.2) is 16.1 Å². The van der Waals surface area contributed by atoms with E-state index in [1.54, 1.807) is 11.5 Å². The first-order valence-corrected chi connectivity index (χ1v) is 7.87. The average molecular weight is 267 g/mol. The Hall–Kier alpha value is -0.480. The lowest BCUT2D eigenvalue weighted by Gasteiger charge is -2.35. The van der Waals surface area contributed by atoms with E-state index in [4.69, 9.17) is 0 Å². The topological polar surface area (TPSA) is 37.8 Å². The van der Waals surface area contributed by atoms with Gasteiger partial charge in [0, 0.05) is 11.5 Å². The molecule has 1 N–H and O–H groups in total. The highest BCUT2D eigenvalue weighted by atomic mass is 32.1. The van der Waals surface area contributed by atoms with Crippen LogP contribution < -0.4 is 5.32 Å². The van der Waals surface area contributed by atoms with Gasteiger partial charge in [0.25, 0.3) is 0 Å². The molecule has 3 nitrogen and oxygen atoms in total. The van der Waals surface area contributed by atoms with Crippen LogP contribution in [0.1, 0.15) is 70.0 Å². The molecule has 4 heteroatoms. The second-order valence-electron chi connectivity index (χ2n) is 6.36. The fourth-order valence-electron chi connectivity index (χ4n) is 2.47. The molecule has 2 rings (SSSR count). The van der Waals surface area contributed by atoms with Crippen molar-refractivity contribution in [1.82, 2.24) is 14.9 Å². The molecule has 102 valence electrons. The standard InChI is InChI=1S/C14H25N3S/c1-5-9-15-11(10-7-6-8-10)12-13(14(2,3)4)16-17-18-12/h10-11,15H,5-9H2,1-4H3. The van der Waals surface area contributed by atoms with E-state index in [0.717, 1.165) is 12.5 Å². The van der Waals surface area contributed by atoms with Gasteiger partial charge in [0.15, 0.2) is 0 Å². The van der Waals surface area contributed by atoms with Crippen LogP contribution in [0.4, 0.5) is 0 Å². The number of nitrogens with one attached hydrogen (secondary N) is 1. The fourth-order valence-corrected chi connectivity index (χ4v) is 3.50. The van der Waals surface area contributed by atoms with Crippen molar-refractivity contribution in [2.24, 2.45) is 5.92 Å². The van der Waals surface area contributed by atoms with Crippen LogP contribution in [-0.2, 0) is 5.41 Å². The summed E-state index contributed by atoms with van der Waals surface area (Å²) in [4.78, 5) is 1.38. The van der Waals surface area contributed by atoms with Gasteiger partial charge in [0.05, 0.1) is 10.6 Å². The van der Waals surface area contributed by atoms with Crippen molar-refractivity contribution in [3.05, 3.63) is 10.6 Å². The summed E-state index contributed by atoms with van der Waals surface area (Å²) in [6, 6.07) is 0.480. The monoisotopic (exact) mass is 267 g/mol. The van der Waals surface area contributed by atoms with E-state index >= 15 is 0 Å². The molecule has 0 amide bonds. The molecule has 1 aliphatic carbocycles. The van der Waals surface area contributed by atoms with Crippen LogP contribution in [0.5, 0.6) is 0 Å². The van der Waals surface area contributed by atoms with Gasteiger partial charge in [-0.3, -0.25) is 0 Å². The second kappa shape index (κ2) is 5.66. The van der Waals surface area contributed by atoms with Gasteiger partial charge in [-0.25, -0.2) is 0 Å². The Labute approximate surface area is 115 Å². The van der Waals surface area contributed by atoms with Crippen molar-refractivity contribution in [2.45, 2.75) is 64.8 Å². The van der Waals surface area contributed by atoms with Crippen molar-refractivity contribution < 1.29 is 0 Å². The third-order valence-electron chi connectivity index (χ3n) is 3.74. The molecule has 1 unspecified atom stereocenters. The van der Waals surface area contributed by atoms with Crippen molar-refractivity contribution in [3.8, 4) is 0 Å². The molecule has 0 bridgehead atoms.